The summed E-state index contributed by atoms with van der Waals surface area (Å²) < 4.78 is 36.2. The van der Waals surface area contributed by atoms with Crippen molar-refractivity contribution in [1.82, 2.24) is 4.98 Å². The van der Waals surface area contributed by atoms with Crippen molar-refractivity contribution in [2.24, 2.45) is 0 Å². The average molecular weight is 199 g/mol. The normalized spacial score (nSPS) is 12.0. The van der Waals surface area contributed by atoms with E-state index >= 15 is 0 Å². The van der Waals surface area contributed by atoms with E-state index in [2.05, 4.69) is 4.98 Å². The van der Waals surface area contributed by atoms with Crippen LogP contribution < -0.4 is 0 Å². The number of rotatable bonds is 1. The van der Waals surface area contributed by atoms with Gasteiger partial charge in [0.1, 0.15) is 0 Å². The topological polar surface area (TPSA) is 12.9 Å². The van der Waals surface area contributed by atoms with Crippen molar-refractivity contribution in [1.29, 1.82) is 0 Å². The molecule has 0 atom stereocenters. The van der Waals surface area contributed by atoms with Crippen LogP contribution >= 0.6 is 23.1 Å². The Labute approximate surface area is 69.6 Å². The summed E-state index contributed by atoms with van der Waals surface area (Å²) in [4.78, 5) is 3.23. The van der Waals surface area contributed by atoms with Crippen molar-refractivity contribution in [2.75, 3.05) is 6.26 Å². The zero-order valence-corrected chi connectivity index (χ0v) is 7.11. The van der Waals surface area contributed by atoms with Gasteiger partial charge in [-0.3, -0.25) is 0 Å². The van der Waals surface area contributed by atoms with Crippen molar-refractivity contribution in [2.45, 2.75) is 10.4 Å². The molecule has 0 saturated carbocycles. The number of nitrogens with zero attached hydrogens (tertiary/aromatic N) is 1. The van der Waals surface area contributed by atoms with Crippen LogP contribution in [0.3, 0.4) is 0 Å². The van der Waals surface area contributed by atoms with Gasteiger partial charge < -0.3 is 0 Å². The molecule has 0 aliphatic carbocycles. The second kappa shape index (κ2) is 3.02. The minimum absolute atomic E-state index is 0.220. The van der Waals surface area contributed by atoms with Crippen LogP contribution in [-0.2, 0) is 6.18 Å². The van der Waals surface area contributed by atoms with E-state index in [9.17, 15) is 13.2 Å². The lowest BCUT2D eigenvalue weighted by atomic mass is 10.5. The third kappa shape index (κ3) is 1.87. The maximum absolute atomic E-state index is 12.0. The highest BCUT2D eigenvalue weighted by Crippen LogP contribution is 2.36. The zero-order valence-electron chi connectivity index (χ0n) is 5.47. The molecule has 0 spiro atoms. The van der Waals surface area contributed by atoms with E-state index in [1.807, 2.05) is 0 Å². The molecule has 0 unspecified atom stereocenters. The van der Waals surface area contributed by atoms with Crippen LogP contribution in [-0.4, -0.2) is 11.2 Å². The van der Waals surface area contributed by atoms with Crippen molar-refractivity contribution < 1.29 is 13.2 Å². The molecule has 1 rings (SSSR count). The van der Waals surface area contributed by atoms with Crippen LogP contribution in [0.25, 0.3) is 0 Å². The lowest BCUT2D eigenvalue weighted by Gasteiger charge is -2.02. The summed E-state index contributed by atoms with van der Waals surface area (Å²) >= 11 is 2.07. The molecule has 0 amide bonds. The fourth-order valence-corrected chi connectivity index (χ4v) is 1.98. The Morgan fingerprint density at radius 2 is 2.18 bits per heavy atom. The molecule has 1 aromatic rings. The molecule has 0 fully saturated rings. The van der Waals surface area contributed by atoms with Gasteiger partial charge in [-0.05, 0) is 6.26 Å². The summed E-state index contributed by atoms with van der Waals surface area (Å²) in [6.45, 7) is 0. The number of aromatic nitrogens is 1. The lowest BCUT2D eigenvalue weighted by molar-refractivity contribution is -0.142. The first-order valence-electron chi connectivity index (χ1n) is 2.60. The fraction of sp³-hybridized carbons (Fsp3) is 0.400. The van der Waals surface area contributed by atoms with Gasteiger partial charge in [-0.1, -0.05) is 0 Å². The van der Waals surface area contributed by atoms with Crippen molar-refractivity contribution in [3.8, 4) is 0 Å². The maximum atomic E-state index is 12.0. The third-order valence-electron chi connectivity index (χ3n) is 0.989. The third-order valence-corrected chi connectivity index (χ3v) is 2.96. The molecule has 0 aliphatic rings. The van der Waals surface area contributed by atoms with Gasteiger partial charge in [0.2, 0.25) is 0 Å². The highest BCUT2D eigenvalue weighted by molar-refractivity contribution is 8.00. The Hall–Kier alpha value is -0.230. The molecule has 62 valence electrons. The molecule has 0 bridgehead atoms. The largest absolute Gasteiger partial charge is 0.435 e. The molecular formula is C5H4F3NS2. The number of hydrogen-bond donors (Lipinski definition) is 0. The summed E-state index contributed by atoms with van der Waals surface area (Å²) in [5, 5.41) is 0. The molecule has 0 N–H and O–H groups in total. The summed E-state index contributed by atoms with van der Waals surface area (Å²) in [5.41, 5.74) is 0.435. The van der Waals surface area contributed by atoms with Crippen LogP contribution in [0.2, 0.25) is 0 Å². The van der Waals surface area contributed by atoms with Gasteiger partial charge in [-0.15, -0.1) is 23.1 Å². The van der Waals surface area contributed by atoms with Gasteiger partial charge in [-0.25, -0.2) is 4.98 Å². The standard InChI is InChI=1S/C5H4F3NS2/c1-10-4-3(5(6,7)8)9-2-11-4/h2H,1H3. The van der Waals surface area contributed by atoms with Gasteiger partial charge in [0, 0.05) is 0 Å². The van der Waals surface area contributed by atoms with Crippen molar-refractivity contribution >= 4 is 23.1 Å². The number of alkyl halides is 3. The van der Waals surface area contributed by atoms with E-state index in [1.54, 1.807) is 6.26 Å². The van der Waals surface area contributed by atoms with E-state index < -0.39 is 11.9 Å². The Bertz CT molecular complexity index is 242. The van der Waals surface area contributed by atoms with Crippen molar-refractivity contribution in [3.63, 3.8) is 0 Å². The van der Waals surface area contributed by atoms with Crippen LogP contribution in [0.15, 0.2) is 9.72 Å². The molecule has 1 nitrogen and oxygen atoms in total. The van der Waals surface area contributed by atoms with E-state index in [-0.39, 0.29) is 4.21 Å². The molecule has 0 saturated heterocycles. The molecular weight excluding hydrogens is 195 g/mol. The van der Waals surface area contributed by atoms with Gasteiger partial charge in [0.05, 0.1) is 9.72 Å². The Kier molecular flexibility index (Phi) is 2.43. The molecule has 0 radical (unpaired) electrons. The van der Waals surface area contributed by atoms with Crippen molar-refractivity contribution in [3.05, 3.63) is 11.2 Å². The Morgan fingerprint density at radius 3 is 2.55 bits per heavy atom. The quantitative estimate of drug-likeness (QED) is 0.645. The van der Waals surface area contributed by atoms with E-state index in [0.717, 1.165) is 23.1 Å². The van der Waals surface area contributed by atoms with Crippen LogP contribution in [0.1, 0.15) is 5.69 Å². The minimum atomic E-state index is -4.31. The van der Waals surface area contributed by atoms with E-state index in [4.69, 9.17) is 0 Å². The summed E-state index contributed by atoms with van der Waals surface area (Å²) in [6.07, 6.45) is -2.71. The zero-order chi connectivity index (χ0) is 8.48. The SMILES string of the molecule is CSc1scnc1C(F)(F)F. The number of halogens is 3. The fourth-order valence-electron chi connectivity index (χ4n) is 0.569. The minimum Gasteiger partial charge on any atom is -0.239 e. The monoisotopic (exact) mass is 199 g/mol. The second-order valence-corrected chi connectivity index (χ2v) is 3.62. The first-order chi connectivity index (χ1) is 5.05. The molecule has 6 heteroatoms. The number of thiazole rings is 1. The summed E-state index contributed by atoms with van der Waals surface area (Å²) in [7, 11) is 0. The predicted molar refractivity (Wildman–Crippen MR) is 38.9 cm³/mol. The first kappa shape index (κ1) is 8.86. The van der Waals surface area contributed by atoms with Crippen LogP contribution in [0.4, 0.5) is 13.2 Å². The molecule has 1 aromatic heterocycles. The maximum Gasteiger partial charge on any atom is 0.435 e. The van der Waals surface area contributed by atoms with Gasteiger partial charge in [0.25, 0.3) is 0 Å². The number of thioether (sulfide) groups is 1. The molecule has 0 aromatic carbocycles. The molecule has 1 heterocycles. The van der Waals surface area contributed by atoms with Gasteiger partial charge >= 0.3 is 6.18 Å². The predicted octanol–water partition coefficient (Wildman–Crippen LogP) is 2.88. The van der Waals surface area contributed by atoms with Crippen LogP contribution in [0, 0.1) is 0 Å². The second-order valence-electron chi connectivity index (χ2n) is 1.69. The van der Waals surface area contributed by atoms with Gasteiger partial charge in [0.15, 0.2) is 5.69 Å². The highest BCUT2D eigenvalue weighted by Gasteiger charge is 2.36. The summed E-state index contributed by atoms with van der Waals surface area (Å²) in [6, 6.07) is 0. The number of hydrogen-bond acceptors (Lipinski definition) is 3. The first-order valence-corrected chi connectivity index (χ1v) is 4.71. The smallest absolute Gasteiger partial charge is 0.239 e. The van der Waals surface area contributed by atoms with E-state index in [1.165, 1.54) is 5.51 Å². The average Bonchev–Trinajstić information content (AvgIpc) is 2.31. The Morgan fingerprint density at radius 1 is 1.55 bits per heavy atom. The molecule has 11 heavy (non-hydrogen) atoms. The van der Waals surface area contributed by atoms with Gasteiger partial charge in [-0.2, -0.15) is 13.2 Å². The van der Waals surface area contributed by atoms with E-state index in [0.29, 0.717) is 0 Å². The lowest BCUT2D eigenvalue weighted by Crippen LogP contribution is -2.06. The Balaban J connectivity index is 3.02. The summed E-state index contributed by atoms with van der Waals surface area (Å²) in [5.74, 6) is 0. The van der Waals surface area contributed by atoms with Crippen LogP contribution in [0.5, 0.6) is 0 Å². The highest BCUT2D eigenvalue weighted by atomic mass is 32.2. The molecule has 0 aliphatic heterocycles.